The Morgan fingerprint density at radius 2 is 1.82 bits per heavy atom. The number of amides is 2. The van der Waals surface area contributed by atoms with Crippen molar-refractivity contribution >= 4 is 12.0 Å². The molecule has 0 rings (SSSR count). The van der Waals surface area contributed by atoms with E-state index in [0.717, 1.165) is 13.0 Å². The van der Waals surface area contributed by atoms with Crippen molar-refractivity contribution in [2.75, 3.05) is 34.2 Å². The Kier molecular flexibility index (Phi) is 7.29. The third-order valence-electron chi connectivity index (χ3n) is 2.40. The van der Waals surface area contributed by atoms with Crippen LogP contribution in [0.1, 0.15) is 19.8 Å². The summed E-state index contributed by atoms with van der Waals surface area (Å²) in [6, 6.07) is -1.14. The van der Waals surface area contributed by atoms with Gasteiger partial charge in [0.25, 0.3) is 0 Å². The second-order valence-corrected chi connectivity index (χ2v) is 4.35. The number of urea groups is 1. The third-order valence-corrected chi connectivity index (χ3v) is 2.40. The summed E-state index contributed by atoms with van der Waals surface area (Å²) in [5, 5.41) is 11.4. The van der Waals surface area contributed by atoms with Gasteiger partial charge in [0.2, 0.25) is 0 Å². The predicted octanol–water partition coefficient (Wildman–Crippen LogP) is 0.443. The minimum Gasteiger partial charge on any atom is -0.480 e. The second kappa shape index (κ2) is 7.89. The van der Waals surface area contributed by atoms with E-state index in [9.17, 15) is 9.59 Å². The highest BCUT2D eigenvalue weighted by Gasteiger charge is 2.20. The van der Waals surface area contributed by atoms with Crippen molar-refractivity contribution in [1.82, 2.24) is 15.1 Å². The number of hydrogen-bond donors (Lipinski definition) is 2. The summed E-state index contributed by atoms with van der Waals surface area (Å²) >= 11 is 0. The fourth-order valence-electron chi connectivity index (χ4n) is 1.26. The lowest BCUT2D eigenvalue weighted by atomic mass is 10.2. The number of rotatable bonds is 7. The van der Waals surface area contributed by atoms with Crippen molar-refractivity contribution in [3.05, 3.63) is 0 Å². The highest BCUT2D eigenvalue weighted by Crippen LogP contribution is 1.98. The van der Waals surface area contributed by atoms with Crippen LogP contribution in [0.5, 0.6) is 0 Å². The van der Waals surface area contributed by atoms with Gasteiger partial charge in [-0.15, -0.1) is 0 Å². The van der Waals surface area contributed by atoms with E-state index < -0.39 is 12.0 Å². The lowest BCUT2D eigenvalue weighted by molar-refractivity contribution is -0.139. The number of carbonyl (C=O) groups excluding carboxylic acids is 1. The summed E-state index contributed by atoms with van der Waals surface area (Å²) in [7, 11) is 5.50. The number of aliphatic carboxylic acids is 1. The molecule has 0 radical (unpaired) electrons. The van der Waals surface area contributed by atoms with E-state index in [1.807, 2.05) is 25.9 Å². The maximum absolute atomic E-state index is 11.7. The van der Waals surface area contributed by atoms with Gasteiger partial charge in [0.1, 0.15) is 6.04 Å². The first kappa shape index (κ1) is 15.7. The molecule has 100 valence electrons. The molecule has 0 spiro atoms. The molecular weight excluding hydrogens is 222 g/mol. The zero-order valence-electron chi connectivity index (χ0n) is 11.1. The average Bonchev–Trinajstić information content (AvgIpc) is 2.24. The Bertz CT molecular complexity index is 256. The van der Waals surface area contributed by atoms with E-state index in [0.29, 0.717) is 13.0 Å². The van der Waals surface area contributed by atoms with Gasteiger partial charge in [-0.2, -0.15) is 0 Å². The Hall–Kier alpha value is -1.30. The first-order valence-electron chi connectivity index (χ1n) is 5.77. The van der Waals surface area contributed by atoms with Gasteiger partial charge in [-0.1, -0.05) is 13.3 Å². The lowest BCUT2D eigenvalue weighted by Crippen LogP contribution is -2.47. The average molecular weight is 245 g/mol. The summed E-state index contributed by atoms with van der Waals surface area (Å²) in [5.74, 6) is -0.985. The van der Waals surface area contributed by atoms with Crippen LogP contribution in [0.3, 0.4) is 0 Å². The summed E-state index contributed by atoms with van der Waals surface area (Å²) in [6.07, 6.45) is 1.17. The van der Waals surface area contributed by atoms with E-state index in [2.05, 4.69) is 5.32 Å². The molecule has 17 heavy (non-hydrogen) atoms. The van der Waals surface area contributed by atoms with Crippen molar-refractivity contribution in [2.24, 2.45) is 0 Å². The zero-order chi connectivity index (χ0) is 13.4. The standard InChI is InChI=1S/C11H23N3O3/c1-5-6-9(10(15)16)12-11(17)14(4)8-7-13(2)3/h9H,5-8H2,1-4H3,(H,12,17)(H,15,16)/t9-/m1/s1. The topological polar surface area (TPSA) is 72.9 Å². The molecule has 2 N–H and O–H groups in total. The largest absolute Gasteiger partial charge is 0.480 e. The zero-order valence-corrected chi connectivity index (χ0v) is 11.1. The molecule has 0 bridgehead atoms. The van der Waals surface area contributed by atoms with Gasteiger partial charge in [-0.05, 0) is 20.5 Å². The molecule has 0 aromatic carbocycles. The fraction of sp³-hybridized carbons (Fsp3) is 0.818. The Morgan fingerprint density at radius 3 is 2.24 bits per heavy atom. The highest BCUT2D eigenvalue weighted by molar-refractivity contribution is 5.82. The Labute approximate surface area is 103 Å². The molecule has 0 aliphatic rings. The molecule has 0 aromatic rings. The summed E-state index contributed by atoms with van der Waals surface area (Å²) < 4.78 is 0. The molecule has 0 aliphatic carbocycles. The van der Waals surface area contributed by atoms with Gasteiger partial charge in [0.05, 0.1) is 0 Å². The van der Waals surface area contributed by atoms with Crippen molar-refractivity contribution in [2.45, 2.75) is 25.8 Å². The summed E-state index contributed by atoms with van der Waals surface area (Å²) in [6.45, 7) is 3.20. The van der Waals surface area contributed by atoms with E-state index in [-0.39, 0.29) is 6.03 Å². The van der Waals surface area contributed by atoms with Crippen LogP contribution in [0.4, 0.5) is 4.79 Å². The molecule has 0 aromatic heterocycles. The molecule has 0 fully saturated rings. The van der Waals surface area contributed by atoms with Crippen LogP contribution in [-0.4, -0.2) is 67.2 Å². The number of carboxylic acid groups (broad SMARTS) is 1. The predicted molar refractivity (Wildman–Crippen MR) is 66.0 cm³/mol. The Balaban J connectivity index is 4.15. The third kappa shape index (κ3) is 6.78. The van der Waals surface area contributed by atoms with Gasteiger partial charge < -0.3 is 20.2 Å². The second-order valence-electron chi connectivity index (χ2n) is 4.35. The quantitative estimate of drug-likeness (QED) is 0.683. The van der Waals surface area contributed by atoms with Crippen LogP contribution < -0.4 is 5.32 Å². The van der Waals surface area contributed by atoms with Gasteiger partial charge >= 0.3 is 12.0 Å². The monoisotopic (exact) mass is 245 g/mol. The normalized spacial score (nSPS) is 12.3. The van der Waals surface area contributed by atoms with Crippen molar-refractivity contribution in [3.8, 4) is 0 Å². The van der Waals surface area contributed by atoms with Gasteiger partial charge in [-0.25, -0.2) is 9.59 Å². The van der Waals surface area contributed by atoms with Crippen LogP contribution in [0.15, 0.2) is 0 Å². The molecular formula is C11H23N3O3. The van der Waals surface area contributed by atoms with Crippen LogP contribution in [0, 0.1) is 0 Å². The van der Waals surface area contributed by atoms with Crippen molar-refractivity contribution in [3.63, 3.8) is 0 Å². The minimum absolute atomic E-state index is 0.340. The van der Waals surface area contributed by atoms with Crippen LogP contribution >= 0.6 is 0 Å². The number of carboxylic acids is 1. The maximum atomic E-state index is 11.7. The van der Waals surface area contributed by atoms with E-state index >= 15 is 0 Å². The van der Waals surface area contributed by atoms with Crippen molar-refractivity contribution < 1.29 is 14.7 Å². The van der Waals surface area contributed by atoms with Gasteiger partial charge in [0, 0.05) is 20.1 Å². The summed E-state index contributed by atoms with van der Waals surface area (Å²) in [5.41, 5.74) is 0. The summed E-state index contributed by atoms with van der Waals surface area (Å²) in [4.78, 5) is 26.0. The van der Waals surface area contributed by atoms with E-state index in [1.165, 1.54) is 4.90 Å². The lowest BCUT2D eigenvalue weighted by Gasteiger charge is -2.22. The van der Waals surface area contributed by atoms with Crippen molar-refractivity contribution in [1.29, 1.82) is 0 Å². The smallest absolute Gasteiger partial charge is 0.326 e. The van der Waals surface area contributed by atoms with Crippen LogP contribution in [0.25, 0.3) is 0 Å². The molecule has 0 aliphatic heterocycles. The molecule has 0 saturated carbocycles. The number of likely N-dealkylation sites (N-methyl/N-ethyl adjacent to an activating group) is 2. The molecule has 0 unspecified atom stereocenters. The van der Waals surface area contributed by atoms with Gasteiger partial charge in [-0.3, -0.25) is 0 Å². The molecule has 6 nitrogen and oxygen atoms in total. The number of nitrogens with one attached hydrogen (secondary N) is 1. The first-order valence-corrected chi connectivity index (χ1v) is 5.77. The first-order chi connectivity index (χ1) is 7.88. The van der Waals surface area contributed by atoms with Crippen LogP contribution in [0.2, 0.25) is 0 Å². The fourth-order valence-corrected chi connectivity index (χ4v) is 1.26. The Morgan fingerprint density at radius 1 is 1.24 bits per heavy atom. The van der Waals surface area contributed by atoms with Crippen LogP contribution in [-0.2, 0) is 4.79 Å². The molecule has 6 heteroatoms. The molecule has 2 amide bonds. The van der Waals surface area contributed by atoms with E-state index in [4.69, 9.17) is 5.11 Å². The number of nitrogens with zero attached hydrogens (tertiary/aromatic N) is 2. The molecule has 1 atom stereocenters. The molecule has 0 heterocycles. The number of hydrogen-bond acceptors (Lipinski definition) is 3. The minimum atomic E-state index is -0.985. The SMILES string of the molecule is CCC[C@@H](NC(=O)N(C)CCN(C)C)C(=O)O. The van der Waals surface area contributed by atoms with Gasteiger partial charge in [0.15, 0.2) is 0 Å². The van der Waals surface area contributed by atoms with E-state index in [1.54, 1.807) is 7.05 Å². The highest BCUT2D eigenvalue weighted by atomic mass is 16.4. The number of carbonyl (C=O) groups is 2. The molecule has 0 saturated heterocycles. The maximum Gasteiger partial charge on any atom is 0.326 e.